The lowest BCUT2D eigenvalue weighted by atomic mass is 9.75. The molecule has 1 fully saturated rings. The molecule has 3 unspecified atom stereocenters. The third-order valence-corrected chi connectivity index (χ3v) is 4.61. The second-order valence-corrected chi connectivity index (χ2v) is 5.95. The first-order chi connectivity index (χ1) is 9.09. The molecule has 0 aliphatic heterocycles. The van der Waals surface area contributed by atoms with Crippen LogP contribution in [-0.2, 0) is 4.79 Å². The molecule has 0 saturated heterocycles. The molecule has 0 heterocycles. The van der Waals surface area contributed by atoms with Crippen LogP contribution in [0.25, 0.3) is 0 Å². The Morgan fingerprint density at radius 2 is 1.79 bits per heavy atom. The highest BCUT2D eigenvalue weighted by Gasteiger charge is 2.32. The average molecular weight is 260 g/mol. The van der Waals surface area contributed by atoms with E-state index in [1.807, 2.05) is 6.92 Å². The number of rotatable bonds is 3. The summed E-state index contributed by atoms with van der Waals surface area (Å²) in [6.07, 6.45) is 5.81. The molecule has 1 saturated carbocycles. The smallest absolute Gasteiger partial charge is 0.306 e. The molecule has 1 aromatic carbocycles. The van der Waals surface area contributed by atoms with E-state index in [0.717, 1.165) is 12.8 Å². The second-order valence-electron chi connectivity index (χ2n) is 5.95. The van der Waals surface area contributed by atoms with E-state index < -0.39 is 5.97 Å². The average Bonchev–Trinajstić information content (AvgIpc) is 2.64. The predicted octanol–water partition coefficient (Wildman–Crippen LogP) is 4.38. The van der Waals surface area contributed by atoms with E-state index in [9.17, 15) is 9.90 Å². The number of carbonyl (C=O) groups is 1. The maximum absolute atomic E-state index is 11.3. The number of benzene rings is 1. The summed E-state index contributed by atoms with van der Waals surface area (Å²) in [6, 6.07) is 8.66. The zero-order valence-electron chi connectivity index (χ0n) is 11.9. The van der Waals surface area contributed by atoms with Gasteiger partial charge in [-0.15, -0.1) is 0 Å². The van der Waals surface area contributed by atoms with Gasteiger partial charge in [-0.2, -0.15) is 0 Å². The van der Waals surface area contributed by atoms with E-state index >= 15 is 0 Å². The fourth-order valence-electron chi connectivity index (χ4n) is 3.35. The van der Waals surface area contributed by atoms with E-state index in [1.165, 1.54) is 30.4 Å². The first kappa shape index (κ1) is 14.1. The van der Waals surface area contributed by atoms with Crippen LogP contribution in [0.1, 0.15) is 56.1 Å². The first-order valence-corrected chi connectivity index (χ1v) is 7.39. The van der Waals surface area contributed by atoms with E-state index in [0.29, 0.717) is 5.92 Å². The number of carboxylic acid groups (broad SMARTS) is 1. The lowest BCUT2D eigenvalue weighted by molar-refractivity contribution is -0.143. The Labute approximate surface area is 115 Å². The van der Waals surface area contributed by atoms with Crippen molar-refractivity contribution in [3.8, 4) is 0 Å². The van der Waals surface area contributed by atoms with Gasteiger partial charge in [0.15, 0.2) is 0 Å². The van der Waals surface area contributed by atoms with Gasteiger partial charge in [-0.3, -0.25) is 4.79 Å². The predicted molar refractivity (Wildman–Crippen MR) is 77.3 cm³/mol. The van der Waals surface area contributed by atoms with Crippen LogP contribution in [0.5, 0.6) is 0 Å². The molecule has 0 aromatic heterocycles. The molecule has 1 N–H and O–H groups in total. The fourth-order valence-corrected chi connectivity index (χ4v) is 3.35. The molecule has 2 rings (SSSR count). The first-order valence-electron chi connectivity index (χ1n) is 7.39. The molecule has 0 spiro atoms. The summed E-state index contributed by atoms with van der Waals surface area (Å²) in [7, 11) is 0. The Hall–Kier alpha value is -1.31. The van der Waals surface area contributed by atoms with Crippen LogP contribution in [0.2, 0.25) is 0 Å². The van der Waals surface area contributed by atoms with Crippen molar-refractivity contribution in [2.75, 3.05) is 0 Å². The molecule has 0 radical (unpaired) electrons. The topological polar surface area (TPSA) is 37.3 Å². The highest BCUT2D eigenvalue weighted by Crippen LogP contribution is 2.40. The molecule has 1 aliphatic rings. The maximum Gasteiger partial charge on any atom is 0.306 e. The van der Waals surface area contributed by atoms with Gasteiger partial charge in [-0.1, -0.05) is 56.0 Å². The van der Waals surface area contributed by atoms with Gasteiger partial charge >= 0.3 is 5.97 Å². The van der Waals surface area contributed by atoms with Crippen molar-refractivity contribution in [3.63, 3.8) is 0 Å². The maximum atomic E-state index is 11.3. The molecule has 1 aromatic rings. The molecule has 3 atom stereocenters. The number of aliphatic carboxylic acids is 1. The van der Waals surface area contributed by atoms with Gasteiger partial charge in [-0.05, 0) is 37.2 Å². The van der Waals surface area contributed by atoms with Crippen LogP contribution in [0.3, 0.4) is 0 Å². The van der Waals surface area contributed by atoms with Gasteiger partial charge in [0.1, 0.15) is 0 Å². The molecule has 0 bridgehead atoms. The van der Waals surface area contributed by atoms with Crippen LogP contribution < -0.4 is 0 Å². The standard InChI is InChI=1S/C17H24O2/c1-12-8-10-14(11-9-12)16-7-5-3-4-6-15(16)13(2)17(18)19/h8-11,13,15-16H,3-7H2,1-2H3,(H,18,19). The van der Waals surface area contributed by atoms with Crippen molar-refractivity contribution >= 4 is 5.97 Å². The third kappa shape index (κ3) is 3.37. The lowest BCUT2D eigenvalue weighted by Crippen LogP contribution is -2.25. The molecule has 1 aliphatic carbocycles. The van der Waals surface area contributed by atoms with E-state index in [1.54, 1.807) is 0 Å². The van der Waals surface area contributed by atoms with Crippen molar-refractivity contribution in [1.82, 2.24) is 0 Å². The van der Waals surface area contributed by atoms with Crippen molar-refractivity contribution in [3.05, 3.63) is 35.4 Å². The molecule has 2 heteroatoms. The molecule has 19 heavy (non-hydrogen) atoms. The lowest BCUT2D eigenvalue weighted by Gasteiger charge is -2.28. The Balaban J connectivity index is 2.26. The Morgan fingerprint density at radius 3 is 2.42 bits per heavy atom. The molecular formula is C17H24O2. The monoisotopic (exact) mass is 260 g/mol. The molecule has 0 amide bonds. The Bertz CT molecular complexity index is 421. The van der Waals surface area contributed by atoms with Crippen LogP contribution in [-0.4, -0.2) is 11.1 Å². The minimum atomic E-state index is -0.649. The van der Waals surface area contributed by atoms with Crippen LogP contribution in [0.15, 0.2) is 24.3 Å². The van der Waals surface area contributed by atoms with Crippen molar-refractivity contribution < 1.29 is 9.90 Å². The van der Waals surface area contributed by atoms with Crippen molar-refractivity contribution in [1.29, 1.82) is 0 Å². The summed E-state index contributed by atoms with van der Waals surface area (Å²) >= 11 is 0. The largest absolute Gasteiger partial charge is 0.481 e. The summed E-state index contributed by atoms with van der Waals surface area (Å²) in [5.41, 5.74) is 2.59. The number of hydrogen-bond donors (Lipinski definition) is 1. The van der Waals surface area contributed by atoms with Crippen molar-refractivity contribution in [2.24, 2.45) is 11.8 Å². The number of hydrogen-bond acceptors (Lipinski definition) is 1. The van der Waals surface area contributed by atoms with Gasteiger partial charge in [0.25, 0.3) is 0 Å². The Morgan fingerprint density at radius 1 is 1.16 bits per heavy atom. The summed E-state index contributed by atoms with van der Waals surface area (Å²) in [6.45, 7) is 3.97. The third-order valence-electron chi connectivity index (χ3n) is 4.61. The summed E-state index contributed by atoms with van der Waals surface area (Å²) < 4.78 is 0. The van der Waals surface area contributed by atoms with E-state index in [2.05, 4.69) is 31.2 Å². The number of aryl methyl sites for hydroxylation is 1. The fraction of sp³-hybridized carbons (Fsp3) is 0.588. The summed E-state index contributed by atoms with van der Waals surface area (Å²) in [5, 5.41) is 9.33. The number of carboxylic acids is 1. The van der Waals surface area contributed by atoms with Gasteiger partial charge in [0, 0.05) is 0 Å². The van der Waals surface area contributed by atoms with Crippen LogP contribution in [0.4, 0.5) is 0 Å². The second kappa shape index (κ2) is 6.23. The highest BCUT2D eigenvalue weighted by atomic mass is 16.4. The minimum absolute atomic E-state index is 0.246. The minimum Gasteiger partial charge on any atom is -0.481 e. The molecule has 104 valence electrons. The zero-order valence-corrected chi connectivity index (χ0v) is 11.9. The van der Waals surface area contributed by atoms with Crippen molar-refractivity contribution in [2.45, 2.75) is 51.9 Å². The summed E-state index contributed by atoms with van der Waals surface area (Å²) in [4.78, 5) is 11.3. The zero-order chi connectivity index (χ0) is 13.8. The van der Waals surface area contributed by atoms with Crippen LogP contribution >= 0.6 is 0 Å². The van der Waals surface area contributed by atoms with Gasteiger partial charge in [0.05, 0.1) is 5.92 Å². The summed E-state index contributed by atoms with van der Waals surface area (Å²) in [5.74, 6) is -0.203. The molecular weight excluding hydrogens is 236 g/mol. The van der Waals surface area contributed by atoms with Crippen LogP contribution in [0, 0.1) is 18.8 Å². The van der Waals surface area contributed by atoms with E-state index in [-0.39, 0.29) is 11.8 Å². The Kier molecular flexibility index (Phi) is 4.62. The SMILES string of the molecule is Cc1ccc(C2CCCCCC2C(C)C(=O)O)cc1. The van der Waals surface area contributed by atoms with Gasteiger partial charge < -0.3 is 5.11 Å². The normalized spacial score (nSPS) is 25.6. The highest BCUT2D eigenvalue weighted by molar-refractivity contribution is 5.70. The molecule has 2 nitrogen and oxygen atoms in total. The van der Waals surface area contributed by atoms with Gasteiger partial charge in [-0.25, -0.2) is 0 Å². The quantitative estimate of drug-likeness (QED) is 0.819. The van der Waals surface area contributed by atoms with Gasteiger partial charge in [0.2, 0.25) is 0 Å². The van der Waals surface area contributed by atoms with E-state index in [4.69, 9.17) is 0 Å².